The molecule has 2 aromatic carbocycles. The molecular formula is C26H33F2N3O5S. The van der Waals surface area contributed by atoms with Gasteiger partial charge in [-0.2, -0.15) is 0 Å². The van der Waals surface area contributed by atoms with E-state index in [1.165, 1.54) is 12.0 Å². The van der Waals surface area contributed by atoms with E-state index >= 15 is 0 Å². The Labute approximate surface area is 216 Å². The van der Waals surface area contributed by atoms with Crippen LogP contribution in [0.2, 0.25) is 0 Å². The van der Waals surface area contributed by atoms with Crippen molar-refractivity contribution in [2.24, 2.45) is 0 Å². The minimum atomic E-state index is -4.05. The van der Waals surface area contributed by atoms with Crippen molar-refractivity contribution in [1.29, 1.82) is 0 Å². The topological polar surface area (TPSA) is 96.0 Å². The van der Waals surface area contributed by atoms with Gasteiger partial charge in [-0.3, -0.25) is 13.9 Å². The third-order valence-corrected chi connectivity index (χ3v) is 7.62. The van der Waals surface area contributed by atoms with Gasteiger partial charge in [0.15, 0.2) is 11.6 Å². The van der Waals surface area contributed by atoms with E-state index in [9.17, 15) is 26.8 Å². The average molecular weight is 538 g/mol. The summed E-state index contributed by atoms with van der Waals surface area (Å²) < 4.78 is 58.4. The van der Waals surface area contributed by atoms with Crippen LogP contribution < -0.4 is 14.4 Å². The number of benzene rings is 2. The maximum atomic E-state index is 13.9. The first kappa shape index (κ1) is 28.4. The van der Waals surface area contributed by atoms with Crippen molar-refractivity contribution in [1.82, 2.24) is 10.2 Å². The zero-order valence-electron chi connectivity index (χ0n) is 21.2. The van der Waals surface area contributed by atoms with E-state index in [4.69, 9.17) is 4.74 Å². The smallest absolute Gasteiger partial charge is 0.244 e. The number of anilines is 1. The van der Waals surface area contributed by atoms with Crippen LogP contribution in [0.1, 0.15) is 44.6 Å². The molecule has 1 atom stereocenters. The molecule has 1 aliphatic rings. The number of amides is 2. The Bertz CT molecular complexity index is 1220. The molecule has 3 rings (SSSR count). The molecule has 1 unspecified atom stereocenters. The van der Waals surface area contributed by atoms with Crippen LogP contribution in [-0.4, -0.2) is 57.1 Å². The molecule has 0 heterocycles. The number of sulfonamides is 1. The summed E-state index contributed by atoms with van der Waals surface area (Å²) in [5, 5.41) is 3.01. The summed E-state index contributed by atoms with van der Waals surface area (Å²) in [4.78, 5) is 28.0. The SMILES string of the molecule is COc1cccc(CN(C(=O)CN(c2ccc(F)c(F)c2)S(C)(=O)=O)C(C)C(=O)NC2CCCCC2)c1. The van der Waals surface area contributed by atoms with Crippen molar-refractivity contribution in [2.45, 2.75) is 57.7 Å². The lowest BCUT2D eigenvalue weighted by atomic mass is 9.95. The van der Waals surface area contributed by atoms with Crippen LogP contribution in [0.15, 0.2) is 42.5 Å². The number of hydrogen-bond acceptors (Lipinski definition) is 5. The highest BCUT2D eigenvalue weighted by molar-refractivity contribution is 7.92. The van der Waals surface area contributed by atoms with Gasteiger partial charge in [-0.1, -0.05) is 31.4 Å². The summed E-state index contributed by atoms with van der Waals surface area (Å²) in [6, 6.07) is 8.65. The quantitative estimate of drug-likeness (QED) is 0.500. The number of ether oxygens (including phenoxy) is 1. The Morgan fingerprint density at radius 3 is 2.41 bits per heavy atom. The predicted molar refractivity (Wildman–Crippen MR) is 137 cm³/mol. The van der Waals surface area contributed by atoms with Crippen molar-refractivity contribution in [3.8, 4) is 5.75 Å². The number of halogens is 2. The fraction of sp³-hybridized carbons (Fsp3) is 0.462. The van der Waals surface area contributed by atoms with E-state index in [0.29, 0.717) is 15.6 Å². The molecule has 0 bridgehead atoms. The molecule has 0 radical (unpaired) electrons. The minimum absolute atomic E-state index is 0.00463. The first-order valence-electron chi connectivity index (χ1n) is 12.1. The highest BCUT2D eigenvalue weighted by atomic mass is 32.2. The van der Waals surface area contributed by atoms with E-state index in [1.807, 2.05) is 0 Å². The van der Waals surface area contributed by atoms with Crippen molar-refractivity contribution in [3.05, 3.63) is 59.7 Å². The Hall–Kier alpha value is -3.21. The van der Waals surface area contributed by atoms with Crippen molar-refractivity contribution in [3.63, 3.8) is 0 Å². The summed E-state index contributed by atoms with van der Waals surface area (Å²) in [5.41, 5.74) is 0.471. The molecule has 8 nitrogen and oxygen atoms in total. The second-order valence-electron chi connectivity index (χ2n) is 9.26. The molecule has 1 fully saturated rings. The molecule has 1 saturated carbocycles. The molecule has 37 heavy (non-hydrogen) atoms. The van der Waals surface area contributed by atoms with Crippen LogP contribution in [-0.2, 0) is 26.2 Å². The van der Waals surface area contributed by atoms with Gasteiger partial charge in [0.2, 0.25) is 21.8 Å². The summed E-state index contributed by atoms with van der Waals surface area (Å²) in [6.45, 7) is 0.887. The molecular weight excluding hydrogens is 504 g/mol. The van der Waals surface area contributed by atoms with Crippen LogP contribution in [0.25, 0.3) is 0 Å². The van der Waals surface area contributed by atoms with Gasteiger partial charge in [-0.05, 0) is 49.6 Å². The molecule has 0 aliphatic heterocycles. The van der Waals surface area contributed by atoms with Crippen LogP contribution in [0.4, 0.5) is 14.5 Å². The first-order valence-corrected chi connectivity index (χ1v) is 14.0. The summed E-state index contributed by atoms with van der Waals surface area (Å²) in [6.07, 6.45) is 5.74. The number of carbonyl (C=O) groups is 2. The number of methoxy groups -OCH3 is 1. The lowest BCUT2D eigenvalue weighted by molar-refractivity contribution is -0.139. The first-order chi connectivity index (χ1) is 17.5. The Balaban J connectivity index is 1.89. The van der Waals surface area contributed by atoms with E-state index in [1.54, 1.807) is 31.2 Å². The normalized spacial score (nSPS) is 15.1. The van der Waals surface area contributed by atoms with Crippen LogP contribution in [0.5, 0.6) is 5.75 Å². The summed E-state index contributed by atoms with van der Waals surface area (Å²) >= 11 is 0. The summed E-state index contributed by atoms with van der Waals surface area (Å²) in [5.74, 6) is -2.85. The highest BCUT2D eigenvalue weighted by Gasteiger charge is 2.31. The lowest BCUT2D eigenvalue weighted by Crippen LogP contribution is -2.53. The predicted octanol–water partition coefficient (Wildman–Crippen LogP) is 3.61. The molecule has 202 valence electrons. The molecule has 2 amide bonds. The molecule has 2 aromatic rings. The van der Waals surface area contributed by atoms with Crippen LogP contribution >= 0.6 is 0 Å². The third-order valence-electron chi connectivity index (χ3n) is 6.48. The lowest BCUT2D eigenvalue weighted by Gasteiger charge is -2.33. The summed E-state index contributed by atoms with van der Waals surface area (Å²) in [7, 11) is -2.54. The van der Waals surface area contributed by atoms with E-state index in [0.717, 1.165) is 56.6 Å². The fourth-order valence-electron chi connectivity index (χ4n) is 4.37. The van der Waals surface area contributed by atoms with Gasteiger partial charge in [0.1, 0.15) is 18.3 Å². The molecule has 0 spiro atoms. The number of hydrogen-bond donors (Lipinski definition) is 1. The van der Waals surface area contributed by atoms with Crippen LogP contribution in [0, 0.1) is 11.6 Å². The minimum Gasteiger partial charge on any atom is -0.497 e. The zero-order chi connectivity index (χ0) is 27.2. The van der Waals surface area contributed by atoms with Crippen molar-refractivity contribution >= 4 is 27.5 Å². The van der Waals surface area contributed by atoms with E-state index in [2.05, 4.69) is 5.32 Å². The second kappa shape index (κ2) is 12.4. The second-order valence-corrected chi connectivity index (χ2v) is 11.2. The Morgan fingerprint density at radius 2 is 1.78 bits per heavy atom. The third kappa shape index (κ3) is 7.64. The molecule has 0 saturated heterocycles. The monoisotopic (exact) mass is 537 g/mol. The van der Waals surface area contributed by atoms with Gasteiger partial charge in [-0.15, -0.1) is 0 Å². The van der Waals surface area contributed by atoms with Gasteiger partial charge >= 0.3 is 0 Å². The number of nitrogens with zero attached hydrogens (tertiary/aromatic N) is 2. The van der Waals surface area contributed by atoms with Gasteiger partial charge in [0.05, 0.1) is 19.1 Å². The molecule has 0 aromatic heterocycles. The standard InChI is InChI=1S/C26H33F2N3O5S/c1-18(26(33)29-20-9-5-4-6-10-20)30(16-19-8-7-11-22(14-19)36-2)25(32)17-31(37(3,34)35)21-12-13-23(27)24(28)15-21/h7-8,11-15,18,20H,4-6,9-10,16-17H2,1-3H3,(H,29,33). The molecule has 1 aliphatic carbocycles. The number of nitrogens with one attached hydrogen (secondary N) is 1. The van der Waals surface area contributed by atoms with Gasteiger partial charge < -0.3 is 15.0 Å². The van der Waals surface area contributed by atoms with Gasteiger partial charge in [-0.25, -0.2) is 17.2 Å². The maximum absolute atomic E-state index is 13.9. The van der Waals surface area contributed by atoms with Crippen LogP contribution in [0.3, 0.4) is 0 Å². The van der Waals surface area contributed by atoms with Gasteiger partial charge in [0.25, 0.3) is 0 Å². The largest absolute Gasteiger partial charge is 0.497 e. The molecule has 11 heteroatoms. The van der Waals surface area contributed by atoms with Crippen molar-refractivity contribution < 1.29 is 31.5 Å². The Morgan fingerprint density at radius 1 is 1.08 bits per heavy atom. The Kier molecular flexibility index (Phi) is 9.47. The number of carbonyl (C=O) groups excluding carboxylic acids is 2. The van der Waals surface area contributed by atoms with Gasteiger partial charge in [0, 0.05) is 18.7 Å². The highest BCUT2D eigenvalue weighted by Crippen LogP contribution is 2.23. The van der Waals surface area contributed by atoms with Crippen molar-refractivity contribution in [2.75, 3.05) is 24.2 Å². The fourth-order valence-corrected chi connectivity index (χ4v) is 5.21. The maximum Gasteiger partial charge on any atom is 0.244 e. The number of rotatable bonds is 10. The average Bonchev–Trinajstić information content (AvgIpc) is 2.87. The van der Waals surface area contributed by atoms with E-state index in [-0.39, 0.29) is 24.2 Å². The van der Waals surface area contributed by atoms with E-state index < -0.39 is 40.2 Å². The molecule has 1 N–H and O–H groups in total. The zero-order valence-corrected chi connectivity index (χ0v) is 22.1.